The van der Waals surface area contributed by atoms with Gasteiger partial charge in [0.15, 0.2) is 0 Å². The Hall–Kier alpha value is -0.940. The fourth-order valence-electron chi connectivity index (χ4n) is 2.55. The van der Waals surface area contributed by atoms with E-state index in [1.54, 1.807) is 0 Å². The number of aliphatic hydroxyl groups is 1. The molecular formula is C16H26N2O2. The molecule has 3 N–H and O–H groups in total. The number of likely N-dealkylation sites (tertiary alicyclic amines) is 1. The molecule has 1 heterocycles. The molecule has 112 valence electrons. The highest BCUT2D eigenvalue weighted by Crippen LogP contribution is 2.20. The molecule has 0 aromatic heterocycles. The van der Waals surface area contributed by atoms with Crippen LogP contribution in [0.3, 0.4) is 0 Å². The second-order valence-electron chi connectivity index (χ2n) is 5.66. The van der Waals surface area contributed by atoms with E-state index in [-0.39, 0.29) is 0 Å². The molecule has 4 heteroatoms. The van der Waals surface area contributed by atoms with E-state index in [9.17, 15) is 5.11 Å². The normalized spacial score (nSPS) is 19.1. The third-order valence-electron chi connectivity index (χ3n) is 4.04. The highest BCUT2D eigenvalue weighted by Gasteiger charge is 2.30. The molecule has 1 saturated heterocycles. The van der Waals surface area contributed by atoms with Gasteiger partial charge in [-0.15, -0.1) is 0 Å². The van der Waals surface area contributed by atoms with E-state index in [0.29, 0.717) is 13.2 Å². The molecule has 1 fully saturated rings. The summed E-state index contributed by atoms with van der Waals surface area (Å²) in [5, 5.41) is 10.1. The maximum absolute atomic E-state index is 10.1. The zero-order chi connectivity index (χ0) is 14.3. The standard InChI is InChI=1S/C16H26N2O2/c17-14-16(19)7-10-18(11-8-16)9-4-12-20-13-15-5-2-1-3-6-15/h1-3,5-6,19H,4,7-14,17H2. The molecule has 1 aliphatic rings. The second-order valence-corrected chi connectivity index (χ2v) is 5.66. The van der Waals surface area contributed by atoms with Crippen molar-refractivity contribution in [3.8, 4) is 0 Å². The fraction of sp³-hybridized carbons (Fsp3) is 0.625. The molecule has 4 nitrogen and oxygen atoms in total. The van der Waals surface area contributed by atoms with Crippen LogP contribution in [0.1, 0.15) is 24.8 Å². The van der Waals surface area contributed by atoms with Crippen LogP contribution in [0, 0.1) is 0 Å². The third-order valence-corrected chi connectivity index (χ3v) is 4.04. The highest BCUT2D eigenvalue weighted by molar-refractivity contribution is 5.13. The molecule has 0 atom stereocenters. The topological polar surface area (TPSA) is 58.7 Å². The molecule has 1 aromatic carbocycles. The Labute approximate surface area is 121 Å². The summed E-state index contributed by atoms with van der Waals surface area (Å²) in [5.41, 5.74) is 6.19. The van der Waals surface area contributed by atoms with Crippen LogP contribution in [0.5, 0.6) is 0 Å². The van der Waals surface area contributed by atoms with E-state index >= 15 is 0 Å². The van der Waals surface area contributed by atoms with E-state index in [4.69, 9.17) is 10.5 Å². The highest BCUT2D eigenvalue weighted by atomic mass is 16.5. The van der Waals surface area contributed by atoms with Crippen molar-refractivity contribution >= 4 is 0 Å². The third kappa shape index (κ3) is 4.87. The van der Waals surface area contributed by atoms with Crippen LogP contribution in [-0.4, -0.2) is 48.4 Å². The van der Waals surface area contributed by atoms with Gasteiger partial charge < -0.3 is 20.5 Å². The maximum Gasteiger partial charge on any atom is 0.0793 e. The van der Waals surface area contributed by atoms with E-state index < -0.39 is 5.60 Å². The van der Waals surface area contributed by atoms with Crippen molar-refractivity contribution in [1.29, 1.82) is 0 Å². The molecule has 0 bridgehead atoms. The monoisotopic (exact) mass is 278 g/mol. The Morgan fingerprint density at radius 3 is 2.55 bits per heavy atom. The minimum Gasteiger partial charge on any atom is -0.388 e. The maximum atomic E-state index is 10.1. The number of nitrogens with zero attached hydrogens (tertiary/aromatic N) is 1. The van der Waals surface area contributed by atoms with Gasteiger partial charge in [0.2, 0.25) is 0 Å². The van der Waals surface area contributed by atoms with Gasteiger partial charge in [0.25, 0.3) is 0 Å². The van der Waals surface area contributed by atoms with Crippen molar-refractivity contribution < 1.29 is 9.84 Å². The molecule has 1 aliphatic heterocycles. The smallest absolute Gasteiger partial charge is 0.0793 e. The van der Waals surface area contributed by atoms with E-state index in [0.717, 1.165) is 45.5 Å². The lowest BCUT2D eigenvalue weighted by Gasteiger charge is -2.37. The van der Waals surface area contributed by atoms with Crippen molar-refractivity contribution in [1.82, 2.24) is 4.90 Å². The van der Waals surface area contributed by atoms with E-state index in [2.05, 4.69) is 17.0 Å². The van der Waals surface area contributed by atoms with Crippen LogP contribution in [0.15, 0.2) is 30.3 Å². The molecule has 0 aliphatic carbocycles. The van der Waals surface area contributed by atoms with Gasteiger partial charge in [0.1, 0.15) is 0 Å². The first-order valence-corrected chi connectivity index (χ1v) is 7.48. The average Bonchev–Trinajstić information content (AvgIpc) is 2.50. The van der Waals surface area contributed by atoms with Crippen molar-refractivity contribution in [3.05, 3.63) is 35.9 Å². The largest absolute Gasteiger partial charge is 0.388 e. The lowest BCUT2D eigenvalue weighted by atomic mass is 9.91. The summed E-state index contributed by atoms with van der Waals surface area (Å²) in [6, 6.07) is 10.2. The number of ether oxygens (including phenoxy) is 1. The second kappa shape index (κ2) is 7.74. The van der Waals surface area contributed by atoms with Crippen molar-refractivity contribution in [2.24, 2.45) is 5.73 Å². The van der Waals surface area contributed by atoms with Crippen LogP contribution in [0.4, 0.5) is 0 Å². The first-order chi connectivity index (χ1) is 9.72. The molecular weight excluding hydrogens is 252 g/mol. The van der Waals surface area contributed by atoms with E-state index in [1.165, 1.54) is 5.56 Å². The summed E-state index contributed by atoms with van der Waals surface area (Å²) in [6.45, 7) is 4.76. The van der Waals surface area contributed by atoms with Gasteiger partial charge >= 0.3 is 0 Å². The van der Waals surface area contributed by atoms with Gasteiger partial charge in [-0.25, -0.2) is 0 Å². The Morgan fingerprint density at radius 2 is 1.90 bits per heavy atom. The Morgan fingerprint density at radius 1 is 1.20 bits per heavy atom. The van der Waals surface area contributed by atoms with Crippen molar-refractivity contribution in [2.75, 3.05) is 32.8 Å². The molecule has 1 aromatic rings. The summed E-state index contributed by atoms with van der Waals surface area (Å²) in [4.78, 5) is 2.38. The number of nitrogens with two attached hydrogens (primary N) is 1. The molecule has 0 saturated carbocycles. The Kier molecular flexibility index (Phi) is 5.98. The zero-order valence-corrected chi connectivity index (χ0v) is 12.1. The molecule has 0 unspecified atom stereocenters. The van der Waals surface area contributed by atoms with Crippen LogP contribution in [0.2, 0.25) is 0 Å². The van der Waals surface area contributed by atoms with Crippen molar-refractivity contribution in [3.63, 3.8) is 0 Å². The number of benzene rings is 1. The number of hydrogen-bond donors (Lipinski definition) is 2. The van der Waals surface area contributed by atoms with Gasteiger partial charge in [0, 0.05) is 32.8 Å². The number of rotatable bonds is 7. The van der Waals surface area contributed by atoms with Crippen LogP contribution in [-0.2, 0) is 11.3 Å². The molecule has 0 spiro atoms. The van der Waals surface area contributed by atoms with Crippen LogP contribution in [0.25, 0.3) is 0 Å². The summed E-state index contributed by atoms with van der Waals surface area (Å²) < 4.78 is 5.68. The molecule has 0 amide bonds. The minimum absolute atomic E-state index is 0.376. The van der Waals surface area contributed by atoms with Crippen LogP contribution < -0.4 is 5.73 Å². The SMILES string of the molecule is NCC1(O)CCN(CCCOCc2ccccc2)CC1. The van der Waals surface area contributed by atoms with Gasteiger partial charge in [-0.3, -0.25) is 0 Å². The Balaban J connectivity index is 1.54. The van der Waals surface area contributed by atoms with Gasteiger partial charge in [-0.05, 0) is 24.8 Å². The van der Waals surface area contributed by atoms with Gasteiger partial charge in [0.05, 0.1) is 12.2 Å². The summed E-state index contributed by atoms with van der Waals surface area (Å²) in [6.07, 6.45) is 2.61. The van der Waals surface area contributed by atoms with Crippen LogP contribution >= 0.6 is 0 Å². The minimum atomic E-state index is -0.625. The zero-order valence-electron chi connectivity index (χ0n) is 12.1. The molecule has 2 rings (SSSR count). The Bertz CT molecular complexity index is 375. The predicted octanol–water partition coefficient (Wildman–Crippen LogP) is 1.38. The van der Waals surface area contributed by atoms with Crippen molar-refractivity contribution in [2.45, 2.75) is 31.5 Å². The number of hydrogen-bond acceptors (Lipinski definition) is 4. The fourth-order valence-corrected chi connectivity index (χ4v) is 2.55. The first-order valence-electron chi connectivity index (χ1n) is 7.48. The quantitative estimate of drug-likeness (QED) is 0.740. The predicted molar refractivity (Wildman–Crippen MR) is 80.4 cm³/mol. The summed E-state index contributed by atoms with van der Waals surface area (Å²) >= 11 is 0. The first kappa shape index (κ1) is 15.4. The lowest BCUT2D eigenvalue weighted by Crippen LogP contribution is -2.48. The molecule has 20 heavy (non-hydrogen) atoms. The van der Waals surface area contributed by atoms with Gasteiger partial charge in [-0.2, -0.15) is 0 Å². The van der Waals surface area contributed by atoms with E-state index in [1.807, 2.05) is 18.2 Å². The summed E-state index contributed by atoms with van der Waals surface area (Å²) in [7, 11) is 0. The average molecular weight is 278 g/mol. The summed E-state index contributed by atoms with van der Waals surface area (Å²) in [5.74, 6) is 0. The number of piperidine rings is 1. The molecule has 0 radical (unpaired) electrons. The van der Waals surface area contributed by atoms with Gasteiger partial charge in [-0.1, -0.05) is 30.3 Å². The lowest BCUT2D eigenvalue weighted by molar-refractivity contribution is -0.0153.